The molecular weight excluding hydrogens is 262 g/mol. The maximum Gasteiger partial charge on any atom is 0.276 e. The van der Waals surface area contributed by atoms with E-state index in [1.807, 2.05) is 18.2 Å². The predicted molar refractivity (Wildman–Crippen MR) is 65.8 cm³/mol. The molecule has 0 saturated carbocycles. The van der Waals surface area contributed by atoms with Crippen LogP contribution in [0.5, 0.6) is 0 Å². The van der Waals surface area contributed by atoms with E-state index in [-0.39, 0.29) is 6.61 Å². The van der Waals surface area contributed by atoms with Crippen LogP contribution in [-0.4, -0.2) is 31.7 Å². The molecule has 0 radical (unpaired) electrons. The van der Waals surface area contributed by atoms with Crippen LogP contribution in [0.3, 0.4) is 0 Å². The van der Waals surface area contributed by atoms with E-state index in [1.165, 1.54) is 18.4 Å². The molecule has 1 aromatic heterocycles. The summed E-state index contributed by atoms with van der Waals surface area (Å²) >= 11 is 1.24. The number of fused-ring (bicyclic) bond motifs is 1. The van der Waals surface area contributed by atoms with Crippen LogP contribution in [0.25, 0.3) is 10.2 Å². The molecule has 0 saturated heterocycles. The average Bonchev–Trinajstić information content (AvgIpc) is 2.67. The highest BCUT2D eigenvalue weighted by Crippen LogP contribution is 2.30. The number of benzene rings is 1. The molecular formula is C10H11NO4S2. The Morgan fingerprint density at radius 1 is 1.47 bits per heavy atom. The first-order valence-electron chi connectivity index (χ1n) is 4.83. The van der Waals surface area contributed by atoms with Crippen LogP contribution in [-0.2, 0) is 14.9 Å². The summed E-state index contributed by atoms with van der Waals surface area (Å²) in [5.74, 6) is 0. The van der Waals surface area contributed by atoms with E-state index in [0.717, 1.165) is 10.2 Å². The largest absolute Gasteiger partial charge is 0.383 e. The standard InChI is InChI=1S/C10H11NO4S2/c1-15-6-9(17(12,13)14)10-11-7-4-2-3-5-8(7)16-10/h2-5,9H,6H2,1H3,(H,12,13,14). The van der Waals surface area contributed by atoms with E-state index in [9.17, 15) is 8.42 Å². The van der Waals surface area contributed by atoms with Crippen LogP contribution in [0.4, 0.5) is 0 Å². The molecule has 1 atom stereocenters. The van der Waals surface area contributed by atoms with Gasteiger partial charge in [-0.15, -0.1) is 11.3 Å². The van der Waals surface area contributed by atoms with Crippen molar-refractivity contribution in [3.63, 3.8) is 0 Å². The molecule has 0 fully saturated rings. The molecule has 0 amide bonds. The quantitative estimate of drug-likeness (QED) is 0.861. The Labute approximate surface area is 103 Å². The second kappa shape index (κ2) is 4.69. The average molecular weight is 273 g/mol. The number of para-hydroxylation sites is 1. The van der Waals surface area contributed by atoms with Gasteiger partial charge in [-0.25, -0.2) is 4.98 Å². The highest BCUT2D eigenvalue weighted by atomic mass is 32.2. The Balaban J connectivity index is 2.49. The van der Waals surface area contributed by atoms with Crippen LogP contribution in [0, 0.1) is 0 Å². The number of aromatic nitrogens is 1. The van der Waals surface area contributed by atoms with Crippen LogP contribution < -0.4 is 0 Å². The number of nitrogens with zero attached hydrogens (tertiary/aromatic N) is 1. The number of hydrogen-bond acceptors (Lipinski definition) is 5. The van der Waals surface area contributed by atoms with Crippen LogP contribution in [0.1, 0.15) is 10.3 Å². The van der Waals surface area contributed by atoms with Gasteiger partial charge >= 0.3 is 0 Å². The predicted octanol–water partition coefficient (Wildman–Crippen LogP) is 1.87. The van der Waals surface area contributed by atoms with Gasteiger partial charge in [0.15, 0.2) is 5.25 Å². The van der Waals surface area contributed by atoms with Gasteiger partial charge in [0, 0.05) is 7.11 Å². The van der Waals surface area contributed by atoms with Crippen molar-refractivity contribution in [2.45, 2.75) is 5.25 Å². The SMILES string of the molecule is COCC(c1nc2ccccc2s1)S(=O)(=O)O. The summed E-state index contributed by atoms with van der Waals surface area (Å²) in [5.41, 5.74) is 0.720. The maximum absolute atomic E-state index is 11.2. The fourth-order valence-electron chi connectivity index (χ4n) is 1.46. The zero-order valence-corrected chi connectivity index (χ0v) is 10.7. The fraction of sp³-hybridized carbons (Fsp3) is 0.300. The Morgan fingerprint density at radius 2 is 2.18 bits per heavy atom. The van der Waals surface area contributed by atoms with Gasteiger partial charge in [-0.1, -0.05) is 12.1 Å². The topological polar surface area (TPSA) is 76.5 Å². The van der Waals surface area contributed by atoms with Gasteiger partial charge in [0.1, 0.15) is 5.01 Å². The molecule has 2 rings (SSSR count). The Hall–Kier alpha value is -1.02. The molecule has 1 aromatic carbocycles. The second-order valence-electron chi connectivity index (χ2n) is 3.48. The summed E-state index contributed by atoms with van der Waals surface area (Å²) in [7, 11) is -2.82. The fourth-order valence-corrected chi connectivity index (χ4v) is 3.52. The molecule has 1 heterocycles. The summed E-state index contributed by atoms with van der Waals surface area (Å²) < 4.78 is 37.3. The lowest BCUT2D eigenvalue weighted by atomic mass is 10.3. The van der Waals surface area contributed by atoms with Gasteiger partial charge in [-0.05, 0) is 12.1 Å². The van der Waals surface area contributed by atoms with Crippen molar-refractivity contribution >= 4 is 31.7 Å². The lowest BCUT2D eigenvalue weighted by Crippen LogP contribution is -2.17. The van der Waals surface area contributed by atoms with E-state index in [4.69, 9.17) is 9.29 Å². The van der Waals surface area contributed by atoms with E-state index >= 15 is 0 Å². The number of hydrogen-bond donors (Lipinski definition) is 1. The van der Waals surface area contributed by atoms with Gasteiger partial charge in [-0.3, -0.25) is 4.55 Å². The number of ether oxygens (including phenoxy) is 1. The monoisotopic (exact) mass is 273 g/mol. The van der Waals surface area contributed by atoms with Crippen LogP contribution in [0.2, 0.25) is 0 Å². The van der Waals surface area contributed by atoms with Gasteiger partial charge < -0.3 is 4.74 Å². The van der Waals surface area contributed by atoms with Gasteiger partial charge in [-0.2, -0.15) is 8.42 Å². The molecule has 7 heteroatoms. The first-order valence-corrected chi connectivity index (χ1v) is 7.15. The summed E-state index contributed by atoms with van der Waals surface area (Å²) in [5, 5.41) is -0.777. The molecule has 0 aliphatic carbocycles. The number of rotatable bonds is 4. The molecule has 17 heavy (non-hydrogen) atoms. The minimum atomic E-state index is -4.20. The summed E-state index contributed by atoms with van der Waals surface area (Å²) in [6.07, 6.45) is 0. The molecule has 0 aliphatic heterocycles. The minimum Gasteiger partial charge on any atom is -0.383 e. The van der Waals surface area contributed by atoms with Crippen molar-refractivity contribution < 1.29 is 17.7 Å². The molecule has 0 bridgehead atoms. The molecule has 5 nitrogen and oxygen atoms in total. The van der Waals surface area contributed by atoms with Crippen LogP contribution >= 0.6 is 11.3 Å². The molecule has 0 aliphatic rings. The second-order valence-corrected chi connectivity index (χ2v) is 6.14. The van der Waals surface area contributed by atoms with Crippen LogP contribution in [0.15, 0.2) is 24.3 Å². The maximum atomic E-state index is 11.2. The van der Waals surface area contributed by atoms with E-state index in [1.54, 1.807) is 6.07 Å². The van der Waals surface area contributed by atoms with Crippen molar-refractivity contribution in [3.8, 4) is 0 Å². The summed E-state index contributed by atoms with van der Waals surface area (Å²) in [4.78, 5) is 4.20. The van der Waals surface area contributed by atoms with Crippen molar-refractivity contribution in [2.75, 3.05) is 13.7 Å². The van der Waals surface area contributed by atoms with E-state index in [0.29, 0.717) is 5.01 Å². The molecule has 1 N–H and O–H groups in total. The molecule has 0 spiro atoms. The van der Waals surface area contributed by atoms with Crippen molar-refractivity contribution in [1.29, 1.82) is 0 Å². The van der Waals surface area contributed by atoms with Crippen molar-refractivity contribution in [2.24, 2.45) is 0 Å². The smallest absolute Gasteiger partial charge is 0.276 e. The first-order chi connectivity index (χ1) is 8.02. The van der Waals surface area contributed by atoms with Gasteiger partial charge in [0.05, 0.1) is 16.8 Å². The normalized spacial score (nSPS) is 14.0. The minimum absolute atomic E-state index is 0.112. The lowest BCUT2D eigenvalue weighted by molar-refractivity contribution is 0.194. The van der Waals surface area contributed by atoms with Crippen molar-refractivity contribution in [3.05, 3.63) is 29.3 Å². The molecule has 92 valence electrons. The lowest BCUT2D eigenvalue weighted by Gasteiger charge is -2.08. The van der Waals surface area contributed by atoms with Crippen molar-refractivity contribution in [1.82, 2.24) is 4.98 Å². The zero-order chi connectivity index (χ0) is 12.5. The third kappa shape index (κ3) is 2.63. The Morgan fingerprint density at radius 3 is 2.76 bits per heavy atom. The third-order valence-electron chi connectivity index (χ3n) is 2.26. The highest BCUT2D eigenvalue weighted by molar-refractivity contribution is 7.86. The van der Waals surface area contributed by atoms with E-state index < -0.39 is 15.4 Å². The zero-order valence-electron chi connectivity index (χ0n) is 9.03. The Kier molecular flexibility index (Phi) is 3.43. The highest BCUT2D eigenvalue weighted by Gasteiger charge is 2.28. The summed E-state index contributed by atoms with van der Waals surface area (Å²) in [6.45, 7) is -0.112. The number of methoxy groups -OCH3 is 1. The molecule has 2 aromatic rings. The third-order valence-corrected chi connectivity index (χ3v) is 4.64. The molecule has 1 unspecified atom stereocenters. The van der Waals surface area contributed by atoms with Gasteiger partial charge in [0.25, 0.3) is 10.1 Å². The van der Waals surface area contributed by atoms with Gasteiger partial charge in [0.2, 0.25) is 0 Å². The first kappa shape index (κ1) is 12.4. The Bertz CT molecular complexity index is 587. The van der Waals surface area contributed by atoms with E-state index in [2.05, 4.69) is 4.98 Å². The summed E-state index contributed by atoms with van der Waals surface area (Å²) in [6, 6.07) is 7.32. The number of thiazole rings is 1.